The number of hydrogen-bond acceptors (Lipinski definition) is 4. The lowest BCUT2D eigenvalue weighted by Gasteiger charge is -2.20. The van der Waals surface area contributed by atoms with E-state index in [0.29, 0.717) is 6.92 Å². The first kappa shape index (κ1) is 14.5. The fraction of sp³-hybridized carbons (Fsp3) is 0.300. The Morgan fingerprint density at radius 1 is 1.33 bits per heavy atom. The Kier molecular flexibility index (Phi) is 4.02. The molecule has 0 bridgehead atoms. The van der Waals surface area contributed by atoms with Crippen LogP contribution >= 0.6 is 0 Å². The predicted octanol–water partition coefficient (Wildman–Crippen LogP) is 1.71. The number of esters is 1. The molecule has 0 saturated carbocycles. The molecule has 0 aromatic heterocycles. The van der Waals surface area contributed by atoms with Crippen molar-refractivity contribution in [2.45, 2.75) is 18.3 Å². The second-order valence-corrected chi connectivity index (χ2v) is 4.94. The number of alkyl halides is 2. The number of ether oxygens (including phenoxy) is 1. The van der Waals surface area contributed by atoms with Crippen molar-refractivity contribution in [1.29, 1.82) is 0 Å². The van der Waals surface area contributed by atoms with Crippen molar-refractivity contribution in [1.82, 2.24) is 0 Å². The summed E-state index contributed by atoms with van der Waals surface area (Å²) in [5.74, 6) is -1.11. The van der Waals surface area contributed by atoms with Crippen molar-refractivity contribution in [3.63, 3.8) is 0 Å². The Balaban J connectivity index is 2.84. The minimum atomic E-state index is -5.64. The summed E-state index contributed by atoms with van der Waals surface area (Å²) in [4.78, 5) is 11.4. The third-order valence-corrected chi connectivity index (χ3v) is 3.13. The van der Waals surface area contributed by atoms with Gasteiger partial charge >= 0.3 is 21.3 Å². The van der Waals surface area contributed by atoms with Crippen molar-refractivity contribution in [3.05, 3.63) is 35.9 Å². The number of rotatable bonds is 4. The molecule has 0 amide bonds. The third-order valence-electron chi connectivity index (χ3n) is 2.11. The van der Waals surface area contributed by atoms with E-state index in [-0.39, 0.29) is 5.56 Å². The van der Waals surface area contributed by atoms with E-state index in [4.69, 9.17) is 4.55 Å². The van der Waals surface area contributed by atoms with Crippen LogP contribution in [0.4, 0.5) is 8.78 Å². The van der Waals surface area contributed by atoms with E-state index in [0.717, 1.165) is 0 Å². The molecular weight excluding hydrogens is 270 g/mol. The van der Waals surface area contributed by atoms with Crippen LogP contribution in [0.2, 0.25) is 0 Å². The van der Waals surface area contributed by atoms with Crippen LogP contribution in [0, 0.1) is 0 Å². The summed E-state index contributed by atoms with van der Waals surface area (Å²) >= 11 is 0. The van der Waals surface area contributed by atoms with E-state index in [9.17, 15) is 22.0 Å². The summed E-state index contributed by atoms with van der Waals surface area (Å²) in [5.41, 5.74) is -0.00418. The summed E-state index contributed by atoms with van der Waals surface area (Å²) < 4.78 is 59.7. The average molecular weight is 280 g/mol. The van der Waals surface area contributed by atoms with Gasteiger partial charge in [-0.05, 0) is 19.1 Å². The van der Waals surface area contributed by atoms with Crippen LogP contribution in [0.15, 0.2) is 30.3 Å². The van der Waals surface area contributed by atoms with Crippen LogP contribution in [0.5, 0.6) is 0 Å². The minimum Gasteiger partial charge on any atom is -0.451 e. The van der Waals surface area contributed by atoms with Crippen molar-refractivity contribution in [3.8, 4) is 0 Å². The third kappa shape index (κ3) is 3.02. The van der Waals surface area contributed by atoms with Gasteiger partial charge < -0.3 is 4.74 Å². The van der Waals surface area contributed by atoms with Gasteiger partial charge in [0.1, 0.15) is 0 Å². The van der Waals surface area contributed by atoms with Crippen molar-refractivity contribution >= 4 is 16.1 Å². The maximum atomic E-state index is 13.1. The lowest BCUT2D eigenvalue weighted by atomic mass is 10.2. The van der Waals surface area contributed by atoms with Crippen LogP contribution in [-0.4, -0.2) is 30.3 Å². The van der Waals surface area contributed by atoms with Crippen LogP contribution in [0.1, 0.15) is 17.3 Å². The maximum Gasteiger partial charge on any atom is 0.405 e. The quantitative estimate of drug-likeness (QED) is 0.670. The van der Waals surface area contributed by atoms with Gasteiger partial charge in [-0.15, -0.1) is 0 Å². The number of halogens is 2. The topological polar surface area (TPSA) is 80.7 Å². The van der Waals surface area contributed by atoms with E-state index < -0.39 is 27.4 Å². The van der Waals surface area contributed by atoms with Gasteiger partial charge in [-0.2, -0.15) is 17.2 Å². The molecule has 18 heavy (non-hydrogen) atoms. The summed E-state index contributed by atoms with van der Waals surface area (Å²) in [6.45, 7) is 0.675. The lowest BCUT2D eigenvalue weighted by Crippen LogP contribution is -2.42. The molecule has 0 radical (unpaired) electrons. The van der Waals surface area contributed by atoms with Crippen molar-refractivity contribution in [2.75, 3.05) is 0 Å². The average Bonchev–Trinajstić information content (AvgIpc) is 2.28. The first-order valence-corrected chi connectivity index (χ1v) is 6.21. The zero-order chi connectivity index (χ0) is 14.0. The van der Waals surface area contributed by atoms with Gasteiger partial charge in [-0.1, -0.05) is 18.2 Å². The van der Waals surface area contributed by atoms with Gasteiger partial charge in [0, 0.05) is 0 Å². The molecule has 0 fully saturated rings. The molecule has 0 aliphatic carbocycles. The largest absolute Gasteiger partial charge is 0.451 e. The zero-order valence-corrected chi connectivity index (χ0v) is 10.0. The fourth-order valence-electron chi connectivity index (χ4n) is 1.08. The molecule has 1 aromatic carbocycles. The molecule has 1 N–H and O–H groups in total. The van der Waals surface area contributed by atoms with Crippen LogP contribution in [-0.2, 0) is 14.9 Å². The Labute approximate surface area is 102 Å². The van der Waals surface area contributed by atoms with Gasteiger partial charge in [0.05, 0.1) is 5.56 Å². The normalized spacial score (nSPS) is 14.0. The second kappa shape index (κ2) is 4.99. The highest BCUT2D eigenvalue weighted by atomic mass is 32.2. The van der Waals surface area contributed by atoms with Gasteiger partial charge in [-0.3, -0.25) is 4.55 Å². The fourth-order valence-corrected chi connectivity index (χ4v) is 1.55. The molecule has 0 aliphatic heterocycles. The smallest absolute Gasteiger partial charge is 0.405 e. The molecule has 1 aromatic rings. The SMILES string of the molecule is CC(OC(=O)c1ccccc1)C(F)(F)S(=O)(=O)O. The lowest BCUT2D eigenvalue weighted by molar-refractivity contribution is -0.0549. The highest BCUT2D eigenvalue weighted by Gasteiger charge is 2.51. The van der Waals surface area contributed by atoms with Gasteiger partial charge in [0.25, 0.3) is 0 Å². The summed E-state index contributed by atoms with van der Waals surface area (Å²) in [7, 11) is -5.64. The van der Waals surface area contributed by atoms with Crippen LogP contribution in [0.3, 0.4) is 0 Å². The monoisotopic (exact) mass is 280 g/mol. The number of carbonyl (C=O) groups excluding carboxylic acids is 1. The molecule has 5 nitrogen and oxygen atoms in total. The van der Waals surface area contributed by atoms with Gasteiger partial charge in [0.2, 0.25) is 0 Å². The Hall–Kier alpha value is -1.54. The molecule has 1 unspecified atom stereocenters. The van der Waals surface area contributed by atoms with E-state index >= 15 is 0 Å². The first-order chi connectivity index (χ1) is 8.16. The molecule has 1 rings (SSSR count). The molecule has 0 spiro atoms. The molecule has 0 heterocycles. The van der Waals surface area contributed by atoms with E-state index in [1.54, 1.807) is 6.07 Å². The standard InChI is InChI=1S/C10H10F2O5S/c1-7(10(11,12)18(14,15)16)17-9(13)8-5-3-2-4-6-8/h2-7H,1H3,(H,14,15,16). The Morgan fingerprint density at radius 3 is 2.28 bits per heavy atom. The number of hydrogen-bond donors (Lipinski definition) is 1. The Bertz CT molecular complexity index is 526. The summed E-state index contributed by atoms with van der Waals surface area (Å²) in [6.07, 6.45) is -2.31. The molecule has 100 valence electrons. The molecule has 1 atom stereocenters. The summed E-state index contributed by atoms with van der Waals surface area (Å²) in [5, 5.41) is -4.56. The van der Waals surface area contributed by atoms with E-state index in [1.165, 1.54) is 24.3 Å². The van der Waals surface area contributed by atoms with Gasteiger partial charge in [0.15, 0.2) is 6.10 Å². The minimum absolute atomic E-state index is 0.00418. The zero-order valence-electron chi connectivity index (χ0n) is 9.21. The number of benzene rings is 1. The second-order valence-electron chi connectivity index (χ2n) is 3.45. The van der Waals surface area contributed by atoms with E-state index in [2.05, 4.69) is 4.74 Å². The molecule has 0 saturated heterocycles. The highest BCUT2D eigenvalue weighted by molar-refractivity contribution is 7.86. The van der Waals surface area contributed by atoms with Crippen molar-refractivity contribution in [2.24, 2.45) is 0 Å². The molecular formula is C10H10F2O5S. The van der Waals surface area contributed by atoms with Gasteiger partial charge in [-0.25, -0.2) is 4.79 Å². The van der Waals surface area contributed by atoms with Crippen LogP contribution in [0.25, 0.3) is 0 Å². The summed E-state index contributed by atoms with van der Waals surface area (Å²) in [6, 6.07) is 7.22. The van der Waals surface area contributed by atoms with E-state index in [1.807, 2.05) is 0 Å². The highest BCUT2D eigenvalue weighted by Crippen LogP contribution is 2.27. The maximum absolute atomic E-state index is 13.1. The van der Waals surface area contributed by atoms with Crippen molar-refractivity contribution < 1.29 is 31.3 Å². The molecule has 0 aliphatic rings. The number of carbonyl (C=O) groups is 1. The molecule has 8 heteroatoms. The predicted molar refractivity (Wildman–Crippen MR) is 57.8 cm³/mol. The first-order valence-electron chi connectivity index (χ1n) is 4.77. The Morgan fingerprint density at radius 2 is 1.83 bits per heavy atom. The van der Waals surface area contributed by atoms with Crippen LogP contribution < -0.4 is 0 Å².